The van der Waals surface area contributed by atoms with E-state index in [0.717, 1.165) is 31.2 Å². The molecule has 1 aromatic rings. The van der Waals surface area contributed by atoms with E-state index in [2.05, 4.69) is 4.72 Å². The van der Waals surface area contributed by atoms with Gasteiger partial charge in [0.1, 0.15) is 0 Å². The van der Waals surface area contributed by atoms with E-state index in [9.17, 15) is 13.5 Å². The van der Waals surface area contributed by atoms with Gasteiger partial charge in [-0.05, 0) is 36.7 Å². The summed E-state index contributed by atoms with van der Waals surface area (Å²) in [6.07, 6.45) is 4.92. The minimum atomic E-state index is -3.22. The Morgan fingerprint density at radius 3 is 2.48 bits per heavy atom. The van der Waals surface area contributed by atoms with Crippen LogP contribution in [0.2, 0.25) is 0 Å². The fourth-order valence-electron chi connectivity index (χ4n) is 3.04. The summed E-state index contributed by atoms with van der Waals surface area (Å²) in [6, 6.07) is 9.76. The van der Waals surface area contributed by atoms with Crippen molar-refractivity contribution in [2.75, 3.05) is 18.9 Å². The van der Waals surface area contributed by atoms with Crippen molar-refractivity contribution in [1.82, 2.24) is 4.72 Å². The second-order valence-electron chi connectivity index (χ2n) is 5.90. The molecule has 0 saturated heterocycles. The van der Waals surface area contributed by atoms with Crippen LogP contribution < -0.4 is 4.72 Å². The summed E-state index contributed by atoms with van der Waals surface area (Å²) in [6.45, 7) is 0.420. The van der Waals surface area contributed by atoms with Gasteiger partial charge < -0.3 is 5.11 Å². The molecular formula is C16H25NO3S. The van der Waals surface area contributed by atoms with Crippen molar-refractivity contribution in [3.63, 3.8) is 0 Å². The van der Waals surface area contributed by atoms with Crippen LogP contribution in [-0.2, 0) is 10.0 Å². The predicted octanol–water partition coefficient (Wildman–Crippen LogP) is 2.26. The topological polar surface area (TPSA) is 66.4 Å². The van der Waals surface area contributed by atoms with Gasteiger partial charge >= 0.3 is 0 Å². The fraction of sp³-hybridized carbons (Fsp3) is 0.625. The van der Waals surface area contributed by atoms with Crippen LogP contribution in [0.15, 0.2) is 30.3 Å². The smallest absolute Gasteiger partial charge is 0.211 e. The summed E-state index contributed by atoms with van der Waals surface area (Å²) in [7, 11) is -3.22. The third kappa shape index (κ3) is 5.41. The van der Waals surface area contributed by atoms with Crippen molar-refractivity contribution < 1.29 is 13.5 Å². The third-order valence-electron chi connectivity index (χ3n) is 4.23. The van der Waals surface area contributed by atoms with Crippen molar-refractivity contribution in [3.05, 3.63) is 35.9 Å². The van der Waals surface area contributed by atoms with Gasteiger partial charge in [0.2, 0.25) is 10.0 Å². The maximum atomic E-state index is 12.2. The molecule has 1 unspecified atom stereocenters. The number of sulfonamides is 1. The van der Waals surface area contributed by atoms with E-state index in [4.69, 9.17) is 0 Å². The molecular weight excluding hydrogens is 286 g/mol. The average Bonchev–Trinajstić information content (AvgIpc) is 2.96. The largest absolute Gasteiger partial charge is 0.396 e. The first kappa shape index (κ1) is 16.5. The molecule has 1 aromatic carbocycles. The van der Waals surface area contributed by atoms with Gasteiger partial charge in [0, 0.05) is 13.2 Å². The Labute approximate surface area is 127 Å². The Morgan fingerprint density at radius 2 is 1.86 bits per heavy atom. The zero-order valence-corrected chi connectivity index (χ0v) is 13.2. The van der Waals surface area contributed by atoms with Gasteiger partial charge in [-0.2, -0.15) is 0 Å². The van der Waals surface area contributed by atoms with Crippen molar-refractivity contribution in [2.24, 2.45) is 5.92 Å². The van der Waals surface area contributed by atoms with Crippen molar-refractivity contribution in [1.29, 1.82) is 0 Å². The van der Waals surface area contributed by atoms with Crippen LogP contribution in [0.5, 0.6) is 0 Å². The number of rotatable bonds is 8. The molecule has 1 aliphatic carbocycles. The summed E-state index contributed by atoms with van der Waals surface area (Å²) < 4.78 is 27.0. The molecule has 1 atom stereocenters. The molecule has 118 valence electrons. The molecule has 1 saturated carbocycles. The van der Waals surface area contributed by atoms with Crippen LogP contribution in [0.3, 0.4) is 0 Å². The number of aliphatic hydroxyl groups is 1. The molecule has 0 heterocycles. The summed E-state index contributed by atoms with van der Waals surface area (Å²) in [5.41, 5.74) is 1.06. The van der Waals surface area contributed by atoms with Gasteiger partial charge in [0.25, 0.3) is 0 Å². The molecule has 0 aliphatic heterocycles. The van der Waals surface area contributed by atoms with E-state index in [-0.39, 0.29) is 18.3 Å². The van der Waals surface area contributed by atoms with E-state index in [1.165, 1.54) is 0 Å². The molecule has 1 fully saturated rings. The lowest BCUT2D eigenvalue weighted by atomic mass is 9.96. The van der Waals surface area contributed by atoms with E-state index in [1.807, 2.05) is 30.3 Å². The lowest BCUT2D eigenvalue weighted by Gasteiger charge is -2.18. The van der Waals surface area contributed by atoms with Gasteiger partial charge in [-0.3, -0.25) is 0 Å². The molecule has 5 heteroatoms. The van der Waals surface area contributed by atoms with Crippen molar-refractivity contribution in [3.8, 4) is 0 Å². The van der Waals surface area contributed by atoms with Gasteiger partial charge in [0.15, 0.2) is 0 Å². The Balaban J connectivity index is 1.91. The second-order valence-corrected chi connectivity index (χ2v) is 7.75. The first-order valence-electron chi connectivity index (χ1n) is 7.74. The SMILES string of the molecule is O=S(=O)(CC1CCCC1)NCC(CCO)c1ccccc1. The van der Waals surface area contributed by atoms with E-state index < -0.39 is 10.0 Å². The summed E-state index contributed by atoms with van der Waals surface area (Å²) in [5.74, 6) is 0.582. The first-order chi connectivity index (χ1) is 10.1. The van der Waals surface area contributed by atoms with Crippen molar-refractivity contribution in [2.45, 2.75) is 38.0 Å². The molecule has 0 amide bonds. The molecule has 0 aromatic heterocycles. The number of aliphatic hydroxyl groups excluding tert-OH is 1. The normalized spacial score (nSPS) is 18.0. The summed E-state index contributed by atoms with van der Waals surface area (Å²) >= 11 is 0. The van der Waals surface area contributed by atoms with Gasteiger partial charge in [-0.1, -0.05) is 43.2 Å². The Bertz CT molecular complexity index is 510. The lowest BCUT2D eigenvalue weighted by molar-refractivity contribution is 0.275. The summed E-state index contributed by atoms with van der Waals surface area (Å²) in [5, 5.41) is 9.18. The highest BCUT2D eigenvalue weighted by Crippen LogP contribution is 2.26. The highest BCUT2D eigenvalue weighted by atomic mass is 32.2. The summed E-state index contributed by atoms with van der Waals surface area (Å²) in [4.78, 5) is 0. The van der Waals surface area contributed by atoms with Gasteiger partial charge in [0.05, 0.1) is 5.75 Å². The number of hydrogen-bond donors (Lipinski definition) is 2. The highest BCUT2D eigenvalue weighted by Gasteiger charge is 2.23. The minimum absolute atomic E-state index is 0.0227. The highest BCUT2D eigenvalue weighted by molar-refractivity contribution is 7.89. The molecule has 0 radical (unpaired) electrons. The number of hydrogen-bond acceptors (Lipinski definition) is 3. The minimum Gasteiger partial charge on any atom is -0.396 e. The van der Waals surface area contributed by atoms with E-state index >= 15 is 0 Å². The maximum Gasteiger partial charge on any atom is 0.211 e. The van der Waals surface area contributed by atoms with Crippen LogP contribution in [0.1, 0.15) is 43.6 Å². The lowest BCUT2D eigenvalue weighted by Crippen LogP contribution is -2.33. The second kappa shape index (κ2) is 7.92. The molecule has 21 heavy (non-hydrogen) atoms. The average molecular weight is 311 g/mol. The fourth-order valence-corrected chi connectivity index (χ4v) is 4.57. The van der Waals surface area contributed by atoms with Crippen LogP contribution in [0.25, 0.3) is 0 Å². The predicted molar refractivity (Wildman–Crippen MR) is 84.6 cm³/mol. The Hall–Kier alpha value is -0.910. The van der Waals surface area contributed by atoms with Crippen LogP contribution >= 0.6 is 0 Å². The molecule has 1 aliphatic rings. The molecule has 2 rings (SSSR count). The quantitative estimate of drug-likeness (QED) is 0.774. The Morgan fingerprint density at radius 1 is 1.19 bits per heavy atom. The number of nitrogens with one attached hydrogen (secondary N) is 1. The third-order valence-corrected chi connectivity index (χ3v) is 5.74. The van der Waals surface area contributed by atoms with E-state index in [1.54, 1.807) is 0 Å². The Kier molecular flexibility index (Phi) is 6.21. The zero-order valence-electron chi connectivity index (χ0n) is 12.4. The standard InChI is InChI=1S/C16H25NO3S/c18-11-10-16(15-8-2-1-3-9-15)12-17-21(19,20)13-14-6-4-5-7-14/h1-3,8-9,14,16-18H,4-7,10-13H2. The maximum absolute atomic E-state index is 12.2. The number of benzene rings is 1. The zero-order chi connectivity index (χ0) is 15.1. The van der Waals surface area contributed by atoms with Crippen LogP contribution in [-0.4, -0.2) is 32.4 Å². The monoisotopic (exact) mass is 311 g/mol. The van der Waals surface area contributed by atoms with Crippen LogP contribution in [0, 0.1) is 5.92 Å². The molecule has 2 N–H and O–H groups in total. The van der Waals surface area contributed by atoms with Gasteiger partial charge in [-0.25, -0.2) is 13.1 Å². The van der Waals surface area contributed by atoms with Gasteiger partial charge in [-0.15, -0.1) is 0 Å². The molecule has 0 bridgehead atoms. The van der Waals surface area contributed by atoms with Crippen molar-refractivity contribution >= 4 is 10.0 Å². The van der Waals surface area contributed by atoms with Crippen LogP contribution in [0.4, 0.5) is 0 Å². The first-order valence-corrected chi connectivity index (χ1v) is 9.39. The molecule has 4 nitrogen and oxygen atoms in total. The molecule has 0 spiro atoms. The van der Waals surface area contributed by atoms with E-state index in [0.29, 0.717) is 18.9 Å².